The van der Waals surface area contributed by atoms with Gasteiger partial charge in [0.15, 0.2) is 0 Å². The van der Waals surface area contributed by atoms with Gasteiger partial charge in [-0.05, 0) is 5.92 Å². The van der Waals surface area contributed by atoms with Crippen molar-refractivity contribution in [3.8, 4) is 0 Å². The van der Waals surface area contributed by atoms with Crippen LogP contribution in [0.1, 0.15) is 48.5 Å². The first kappa shape index (κ1) is 20.6. The van der Waals surface area contributed by atoms with E-state index in [1.807, 2.05) is 27.7 Å². The zero-order valence-corrected chi connectivity index (χ0v) is 13.2. The summed E-state index contributed by atoms with van der Waals surface area (Å²) in [5.74, 6) is 0.833. The summed E-state index contributed by atoms with van der Waals surface area (Å²) in [5.41, 5.74) is 0. The molecule has 0 amide bonds. The van der Waals surface area contributed by atoms with Crippen LogP contribution in [0.5, 0.6) is 0 Å². The van der Waals surface area contributed by atoms with E-state index in [1.54, 1.807) is 0 Å². The van der Waals surface area contributed by atoms with Gasteiger partial charge in [0.1, 0.15) is 0 Å². The van der Waals surface area contributed by atoms with Crippen LogP contribution in [0.2, 0.25) is 0 Å². The van der Waals surface area contributed by atoms with Crippen LogP contribution < -0.4 is 0 Å². The van der Waals surface area contributed by atoms with Crippen molar-refractivity contribution in [2.24, 2.45) is 5.92 Å². The molecule has 0 aliphatic rings. The minimum atomic E-state index is 0.833. The molecule has 0 aliphatic carbocycles. The summed E-state index contributed by atoms with van der Waals surface area (Å²) in [6.45, 7) is 31.2. The minimum absolute atomic E-state index is 0.833. The van der Waals surface area contributed by atoms with Crippen LogP contribution in [-0.2, 0) is 0 Å². The Labute approximate surface area is 119 Å². The van der Waals surface area contributed by atoms with E-state index in [1.165, 1.54) is 10.4 Å². The molecular weight excluding hydrogens is 207 g/mol. The molecule has 0 saturated heterocycles. The van der Waals surface area contributed by atoms with Crippen LogP contribution in [0.4, 0.5) is 0 Å². The van der Waals surface area contributed by atoms with E-state index in [4.69, 9.17) is 0 Å². The maximum absolute atomic E-state index is 2.17. The van der Waals surface area contributed by atoms with Crippen molar-refractivity contribution in [1.29, 1.82) is 0 Å². The van der Waals surface area contributed by atoms with Crippen molar-refractivity contribution in [1.82, 2.24) is 0 Å². The summed E-state index contributed by atoms with van der Waals surface area (Å²) in [7, 11) is 0. The van der Waals surface area contributed by atoms with Gasteiger partial charge in [0.05, 0.1) is 0 Å². The second kappa shape index (κ2) is 15.3. The van der Waals surface area contributed by atoms with Gasteiger partial charge in [0.2, 0.25) is 0 Å². The maximum atomic E-state index is 2.17. The van der Waals surface area contributed by atoms with Crippen LogP contribution in [0.15, 0.2) is 0 Å². The predicted octanol–water partition coefficient (Wildman–Crippen LogP) is 1.26. The van der Waals surface area contributed by atoms with E-state index in [-0.39, 0.29) is 0 Å². The van der Waals surface area contributed by atoms with E-state index in [0.29, 0.717) is 0 Å². The van der Waals surface area contributed by atoms with Crippen LogP contribution >= 0.6 is 0 Å². The van der Waals surface area contributed by atoms with Gasteiger partial charge < -0.3 is 0 Å². The zero-order valence-electron chi connectivity index (χ0n) is 13.2. The van der Waals surface area contributed by atoms with E-state index >= 15 is 0 Å². The molecule has 2 heterocycles. The summed E-state index contributed by atoms with van der Waals surface area (Å²) in [5, 5.41) is 2.62. The van der Waals surface area contributed by atoms with Crippen LogP contribution in [0.25, 0.3) is 10.4 Å². The van der Waals surface area contributed by atoms with Crippen molar-refractivity contribution < 1.29 is 0 Å². The molecule has 0 saturated carbocycles. The second-order valence-electron chi connectivity index (χ2n) is 4.08. The molecule has 0 aliphatic heterocycles. The van der Waals surface area contributed by atoms with Gasteiger partial charge in [0, 0.05) is 0 Å². The average molecular weight is 229 g/mol. The Hall–Kier alpha value is 0.259. The Bertz CT molecular complexity index is 324. The predicted molar refractivity (Wildman–Crippen MR) is 97.9 cm³/mol. The van der Waals surface area contributed by atoms with Crippen molar-refractivity contribution in [2.45, 2.75) is 48.5 Å². The van der Waals surface area contributed by atoms with Gasteiger partial charge in [-0.15, -0.1) is 0 Å². The van der Waals surface area contributed by atoms with Gasteiger partial charge in [-0.25, -0.2) is 0 Å². The Morgan fingerprint density at radius 2 is 0.722 bits per heavy atom. The molecule has 86 valence electrons. The molecule has 2 aromatic rings. The first-order valence-electron chi connectivity index (χ1n) is 7.14. The van der Waals surface area contributed by atoms with E-state index < -0.39 is 0 Å². The van der Waals surface area contributed by atoms with Gasteiger partial charge in [-0.2, -0.15) is 0 Å². The molecule has 2 rings (SSSR count). The monoisotopic (exact) mass is 230 g/mol. The normalized spacial score (nSPS) is 6.44. The van der Waals surface area contributed by atoms with E-state index in [9.17, 15) is 0 Å². The van der Waals surface area contributed by atoms with Crippen molar-refractivity contribution in [3.63, 3.8) is 0 Å². The van der Waals surface area contributed by atoms with Crippen molar-refractivity contribution >= 4 is 64.3 Å². The molecule has 0 unspecified atom stereocenters. The fraction of sp³-hybridized carbons (Fsp3) is 0.800. The third kappa shape index (κ3) is 11.4. The summed E-state index contributed by atoms with van der Waals surface area (Å²) >= 11 is 0. The molecule has 0 aromatic carbocycles. The van der Waals surface area contributed by atoms with Gasteiger partial charge in [-0.3, -0.25) is 0 Å². The topological polar surface area (TPSA) is 0 Å². The first-order chi connectivity index (χ1) is 8.70. The number of fused-ring (bicyclic) bond motifs is 1. The quantitative estimate of drug-likeness (QED) is 0.637. The van der Waals surface area contributed by atoms with Crippen LogP contribution in [-0.4, -0.2) is 53.9 Å². The molecule has 0 N–H and O–H groups in total. The summed E-state index contributed by atoms with van der Waals surface area (Å²) in [6, 6.07) is 0. The number of rotatable bonds is 0. The van der Waals surface area contributed by atoms with Gasteiger partial charge >= 0.3 is 64.3 Å². The third-order valence-corrected chi connectivity index (χ3v) is 1.66. The summed E-state index contributed by atoms with van der Waals surface area (Å²) in [6.07, 6.45) is 0. The van der Waals surface area contributed by atoms with E-state index in [0.717, 1.165) is 5.92 Å². The SMILES string of the molecule is CC.CC.CC(C)C.b1bbc2bbbbc2b1. The first-order valence-corrected chi connectivity index (χ1v) is 7.14. The molecule has 0 fully saturated rings. The van der Waals surface area contributed by atoms with Gasteiger partial charge in [0.25, 0.3) is 0 Å². The van der Waals surface area contributed by atoms with Crippen LogP contribution in [0.3, 0.4) is 0 Å². The molecule has 0 radical (unpaired) electrons. The number of hydrogen-bond donors (Lipinski definition) is 0. The Morgan fingerprint density at radius 1 is 0.556 bits per heavy atom. The zero-order chi connectivity index (χ0) is 14.4. The molecule has 0 bridgehead atoms. The molecule has 2 aromatic heterocycles. The summed E-state index contributed by atoms with van der Waals surface area (Å²) in [4.78, 5) is 0. The van der Waals surface area contributed by atoms with E-state index in [2.05, 4.69) is 74.7 Å². The molecule has 0 nitrogen and oxygen atoms in total. The standard InChI is InChI=1S/C4H10.C2B8.2C2H6/c1-4(2)3;3-1-2(5-9-7-3)6-10-8-4-1;2*1-2/h4H,1-3H3;;2*1-2H3. The third-order valence-electron chi connectivity index (χ3n) is 1.66. The molecular formula is C10H22B8. The van der Waals surface area contributed by atoms with Crippen LogP contribution in [0, 0.1) is 5.92 Å². The molecule has 18 heavy (non-hydrogen) atoms. The average Bonchev–Trinajstić information content (AvgIpc) is 2.43. The molecule has 0 spiro atoms. The fourth-order valence-corrected chi connectivity index (χ4v) is 1.13. The summed E-state index contributed by atoms with van der Waals surface area (Å²) < 4.78 is 0. The van der Waals surface area contributed by atoms with Gasteiger partial charge in [-0.1, -0.05) is 48.5 Å². The molecule has 0 atom stereocenters. The number of hydrogen-bond acceptors (Lipinski definition) is 0. The Kier molecular flexibility index (Phi) is 17.5. The second-order valence-corrected chi connectivity index (χ2v) is 4.08. The Balaban J connectivity index is 0. The Morgan fingerprint density at radius 3 is 0.889 bits per heavy atom. The van der Waals surface area contributed by atoms with Crippen molar-refractivity contribution in [3.05, 3.63) is 0 Å². The molecule has 8 heteroatoms. The van der Waals surface area contributed by atoms with Crippen molar-refractivity contribution in [2.75, 3.05) is 0 Å². The fourth-order valence-electron chi connectivity index (χ4n) is 1.13.